The molecule has 3 heterocycles. The SMILES string of the molecule is CCN(c1cnnc(NCc2cccnc2)n1)C1CCS(=O)(=O)C1. The third-order valence-electron chi connectivity index (χ3n) is 4.00. The van der Waals surface area contributed by atoms with Crippen LogP contribution < -0.4 is 10.2 Å². The normalized spacial score (nSPS) is 19.1. The van der Waals surface area contributed by atoms with Gasteiger partial charge in [-0.1, -0.05) is 6.07 Å². The Labute approximate surface area is 141 Å². The third-order valence-corrected chi connectivity index (χ3v) is 5.75. The summed E-state index contributed by atoms with van der Waals surface area (Å²) in [4.78, 5) is 10.5. The number of rotatable bonds is 6. The van der Waals surface area contributed by atoms with Crippen molar-refractivity contribution >= 4 is 21.6 Å². The molecule has 0 aliphatic carbocycles. The second-order valence-electron chi connectivity index (χ2n) is 5.70. The summed E-state index contributed by atoms with van der Waals surface area (Å²) in [5, 5.41) is 11.1. The lowest BCUT2D eigenvalue weighted by Gasteiger charge is -2.27. The van der Waals surface area contributed by atoms with E-state index in [0.29, 0.717) is 31.3 Å². The van der Waals surface area contributed by atoms with Crippen LogP contribution in [0.5, 0.6) is 0 Å². The number of hydrogen-bond donors (Lipinski definition) is 1. The van der Waals surface area contributed by atoms with Gasteiger partial charge in [0.15, 0.2) is 15.7 Å². The first-order chi connectivity index (χ1) is 11.6. The van der Waals surface area contributed by atoms with Gasteiger partial charge in [0, 0.05) is 31.5 Å². The van der Waals surface area contributed by atoms with Crippen LogP contribution in [0.1, 0.15) is 18.9 Å². The molecule has 1 atom stereocenters. The van der Waals surface area contributed by atoms with Crippen molar-refractivity contribution in [2.75, 3.05) is 28.3 Å². The number of aromatic nitrogens is 4. The van der Waals surface area contributed by atoms with E-state index < -0.39 is 9.84 Å². The average Bonchev–Trinajstić information content (AvgIpc) is 2.95. The number of nitrogens with zero attached hydrogens (tertiary/aromatic N) is 5. The zero-order valence-corrected chi connectivity index (χ0v) is 14.3. The average molecular weight is 348 g/mol. The minimum absolute atomic E-state index is 0.0529. The molecule has 1 N–H and O–H groups in total. The minimum atomic E-state index is -2.94. The molecule has 1 aliphatic rings. The van der Waals surface area contributed by atoms with E-state index in [-0.39, 0.29) is 17.5 Å². The van der Waals surface area contributed by atoms with Crippen molar-refractivity contribution in [3.63, 3.8) is 0 Å². The van der Waals surface area contributed by atoms with Crippen LogP contribution >= 0.6 is 0 Å². The molecule has 0 radical (unpaired) electrons. The van der Waals surface area contributed by atoms with Crippen molar-refractivity contribution in [2.45, 2.75) is 25.9 Å². The molecule has 128 valence electrons. The highest BCUT2D eigenvalue weighted by Gasteiger charge is 2.32. The fourth-order valence-corrected chi connectivity index (χ4v) is 4.55. The summed E-state index contributed by atoms with van der Waals surface area (Å²) in [6.07, 6.45) is 5.69. The summed E-state index contributed by atoms with van der Waals surface area (Å²) in [6, 6.07) is 3.77. The van der Waals surface area contributed by atoms with Gasteiger partial charge in [0.2, 0.25) is 5.95 Å². The van der Waals surface area contributed by atoms with Crippen LogP contribution in [0.25, 0.3) is 0 Å². The highest BCUT2D eigenvalue weighted by Crippen LogP contribution is 2.22. The molecule has 1 fully saturated rings. The van der Waals surface area contributed by atoms with Crippen molar-refractivity contribution in [1.82, 2.24) is 20.2 Å². The van der Waals surface area contributed by atoms with Crippen molar-refractivity contribution in [3.05, 3.63) is 36.3 Å². The molecule has 0 saturated carbocycles. The smallest absolute Gasteiger partial charge is 0.244 e. The number of nitrogens with one attached hydrogen (secondary N) is 1. The maximum absolute atomic E-state index is 11.7. The Hall–Kier alpha value is -2.29. The van der Waals surface area contributed by atoms with Crippen molar-refractivity contribution in [3.8, 4) is 0 Å². The van der Waals surface area contributed by atoms with Gasteiger partial charge >= 0.3 is 0 Å². The van der Waals surface area contributed by atoms with Gasteiger partial charge in [0.1, 0.15) is 0 Å². The zero-order chi connectivity index (χ0) is 17.0. The third kappa shape index (κ3) is 3.97. The summed E-state index contributed by atoms with van der Waals surface area (Å²) >= 11 is 0. The molecular formula is C15H20N6O2S. The van der Waals surface area contributed by atoms with Crippen LogP contribution in [0.2, 0.25) is 0 Å². The van der Waals surface area contributed by atoms with Crippen LogP contribution in [0.4, 0.5) is 11.8 Å². The number of hydrogen-bond acceptors (Lipinski definition) is 8. The van der Waals surface area contributed by atoms with Crippen LogP contribution in [-0.4, -0.2) is 52.7 Å². The summed E-state index contributed by atoms with van der Waals surface area (Å²) in [5.74, 6) is 1.46. The van der Waals surface area contributed by atoms with E-state index in [0.717, 1.165) is 5.56 Å². The van der Waals surface area contributed by atoms with Crippen molar-refractivity contribution in [1.29, 1.82) is 0 Å². The number of anilines is 2. The maximum atomic E-state index is 11.7. The van der Waals surface area contributed by atoms with E-state index >= 15 is 0 Å². The topological polar surface area (TPSA) is 101 Å². The van der Waals surface area contributed by atoms with E-state index in [1.165, 1.54) is 0 Å². The lowest BCUT2D eigenvalue weighted by atomic mass is 10.2. The molecule has 0 bridgehead atoms. The first kappa shape index (κ1) is 16.6. The Morgan fingerprint density at radius 3 is 2.92 bits per heavy atom. The fourth-order valence-electron chi connectivity index (χ4n) is 2.82. The molecule has 1 saturated heterocycles. The number of sulfone groups is 1. The Morgan fingerprint density at radius 2 is 2.25 bits per heavy atom. The molecule has 1 unspecified atom stereocenters. The monoisotopic (exact) mass is 348 g/mol. The number of pyridine rings is 1. The van der Waals surface area contributed by atoms with E-state index in [1.54, 1.807) is 18.6 Å². The van der Waals surface area contributed by atoms with Gasteiger partial charge in [0.25, 0.3) is 0 Å². The van der Waals surface area contributed by atoms with E-state index in [4.69, 9.17) is 0 Å². The second-order valence-corrected chi connectivity index (χ2v) is 7.92. The van der Waals surface area contributed by atoms with Crippen molar-refractivity contribution < 1.29 is 8.42 Å². The van der Waals surface area contributed by atoms with E-state index in [2.05, 4.69) is 25.5 Å². The summed E-state index contributed by atoms with van der Waals surface area (Å²) in [7, 11) is -2.94. The molecule has 2 aromatic rings. The fraction of sp³-hybridized carbons (Fsp3) is 0.467. The van der Waals surface area contributed by atoms with E-state index in [1.807, 2.05) is 24.0 Å². The van der Waals surface area contributed by atoms with Gasteiger partial charge in [0.05, 0.1) is 17.7 Å². The zero-order valence-electron chi connectivity index (χ0n) is 13.5. The van der Waals surface area contributed by atoms with Gasteiger partial charge in [-0.05, 0) is 25.0 Å². The lowest BCUT2D eigenvalue weighted by molar-refractivity contribution is 0.599. The molecular weight excluding hydrogens is 328 g/mol. The first-order valence-electron chi connectivity index (χ1n) is 7.87. The predicted octanol–water partition coefficient (Wildman–Crippen LogP) is 0.892. The van der Waals surface area contributed by atoms with Crippen LogP contribution in [0.3, 0.4) is 0 Å². The summed E-state index contributed by atoms with van der Waals surface area (Å²) < 4.78 is 23.5. The summed E-state index contributed by atoms with van der Waals surface area (Å²) in [5.41, 5.74) is 1.01. The van der Waals surface area contributed by atoms with Gasteiger partial charge < -0.3 is 10.2 Å². The maximum Gasteiger partial charge on any atom is 0.244 e. The summed E-state index contributed by atoms with van der Waals surface area (Å²) in [6.45, 7) is 3.19. The van der Waals surface area contributed by atoms with Crippen LogP contribution in [-0.2, 0) is 16.4 Å². The molecule has 9 heteroatoms. The Bertz CT molecular complexity index is 784. The first-order valence-corrected chi connectivity index (χ1v) is 9.69. The highest BCUT2D eigenvalue weighted by atomic mass is 32.2. The molecule has 24 heavy (non-hydrogen) atoms. The largest absolute Gasteiger partial charge is 0.351 e. The standard InChI is InChI=1S/C15H20N6O2S/c1-2-21(13-5-7-24(22,23)11-13)14-10-18-20-15(19-14)17-9-12-4-3-6-16-8-12/h3-4,6,8,10,13H,2,5,7,9,11H2,1H3,(H,17,19,20). The lowest BCUT2D eigenvalue weighted by Crippen LogP contribution is -2.37. The van der Waals surface area contributed by atoms with Crippen molar-refractivity contribution in [2.24, 2.45) is 0 Å². The quantitative estimate of drug-likeness (QED) is 0.821. The Morgan fingerprint density at radius 1 is 1.38 bits per heavy atom. The van der Waals surface area contributed by atoms with Gasteiger partial charge in [-0.15, -0.1) is 5.10 Å². The predicted molar refractivity (Wildman–Crippen MR) is 91.5 cm³/mol. The Kier molecular flexibility index (Phi) is 4.89. The van der Waals surface area contributed by atoms with Gasteiger partial charge in [-0.25, -0.2) is 8.42 Å². The van der Waals surface area contributed by atoms with Gasteiger partial charge in [-0.3, -0.25) is 4.98 Å². The highest BCUT2D eigenvalue weighted by molar-refractivity contribution is 7.91. The molecule has 0 aromatic carbocycles. The Balaban J connectivity index is 1.71. The minimum Gasteiger partial charge on any atom is -0.351 e. The van der Waals surface area contributed by atoms with E-state index in [9.17, 15) is 8.42 Å². The van der Waals surface area contributed by atoms with Crippen LogP contribution in [0, 0.1) is 0 Å². The molecule has 2 aromatic heterocycles. The molecule has 1 aliphatic heterocycles. The molecule has 0 amide bonds. The van der Waals surface area contributed by atoms with Crippen LogP contribution in [0.15, 0.2) is 30.7 Å². The second kappa shape index (κ2) is 7.08. The molecule has 8 nitrogen and oxygen atoms in total. The molecule has 3 rings (SSSR count). The van der Waals surface area contributed by atoms with Gasteiger partial charge in [-0.2, -0.15) is 10.1 Å². The molecule has 0 spiro atoms.